The number of nitrogens with zero attached hydrogens (tertiary/aromatic N) is 2. The predicted octanol–water partition coefficient (Wildman–Crippen LogP) is 0.808. The second-order valence-corrected chi connectivity index (χ2v) is 5.71. The lowest BCUT2D eigenvalue weighted by molar-refractivity contribution is 0.302. The van der Waals surface area contributed by atoms with Gasteiger partial charge in [0.15, 0.2) is 11.5 Å². The molecule has 0 bridgehead atoms. The summed E-state index contributed by atoms with van der Waals surface area (Å²) < 4.78 is 47.6. The van der Waals surface area contributed by atoms with E-state index in [1.54, 1.807) is 12.1 Å². The van der Waals surface area contributed by atoms with Gasteiger partial charge in [-0.2, -0.15) is 13.1 Å². The molecule has 0 aliphatic rings. The van der Waals surface area contributed by atoms with Gasteiger partial charge in [-0.1, -0.05) is 0 Å². The maximum absolute atomic E-state index is 10.5. The fourth-order valence-electron chi connectivity index (χ4n) is 1.92. The Balaban J connectivity index is 2.11. The number of rotatable bonds is 8. The van der Waals surface area contributed by atoms with E-state index in [2.05, 4.69) is 9.97 Å². The van der Waals surface area contributed by atoms with E-state index in [9.17, 15) is 8.42 Å². The average molecular weight is 343 g/mol. The first-order valence-corrected chi connectivity index (χ1v) is 8.10. The van der Waals surface area contributed by atoms with Gasteiger partial charge >= 0.3 is 10.3 Å². The van der Waals surface area contributed by atoms with Crippen LogP contribution in [0, 0.1) is 0 Å². The largest absolute Gasteiger partial charge is 0.493 e. The van der Waals surface area contributed by atoms with Crippen LogP contribution in [0.25, 0.3) is 10.9 Å². The summed E-state index contributed by atoms with van der Waals surface area (Å²) in [4.78, 5) is 8.22. The number of nitrogens with one attached hydrogen (secondary N) is 1. The summed E-state index contributed by atoms with van der Waals surface area (Å²) in [6, 6.07) is 3.42. The number of ether oxygens (including phenoxy) is 3. The summed E-state index contributed by atoms with van der Waals surface area (Å²) in [5.41, 5.74) is 0.628. The van der Waals surface area contributed by atoms with Gasteiger partial charge in [-0.15, -0.1) is 0 Å². The Labute approximate surface area is 133 Å². The van der Waals surface area contributed by atoms with Crippen molar-refractivity contribution in [3.63, 3.8) is 0 Å². The number of aromatic nitrogens is 2. The van der Waals surface area contributed by atoms with Gasteiger partial charge in [0, 0.05) is 12.6 Å². The highest BCUT2D eigenvalue weighted by Gasteiger charge is 2.11. The molecule has 10 heteroatoms. The summed E-state index contributed by atoms with van der Waals surface area (Å²) in [5.74, 6) is 1.41. The lowest BCUT2D eigenvalue weighted by atomic mass is 10.2. The fourth-order valence-corrected chi connectivity index (χ4v) is 2.32. The van der Waals surface area contributed by atoms with Crippen LogP contribution in [0.2, 0.25) is 0 Å². The van der Waals surface area contributed by atoms with E-state index >= 15 is 0 Å². The molecule has 0 atom stereocenters. The lowest BCUT2D eigenvalue weighted by Gasteiger charge is -2.11. The maximum Gasteiger partial charge on any atom is 0.333 e. The summed E-state index contributed by atoms with van der Waals surface area (Å²) in [6.45, 7) is 0.266. The zero-order valence-corrected chi connectivity index (χ0v) is 13.5. The molecule has 1 aromatic carbocycles. The van der Waals surface area contributed by atoms with Crippen molar-refractivity contribution in [2.45, 2.75) is 6.42 Å². The van der Waals surface area contributed by atoms with Gasteiger partial charge in [0.05, 0.1) is 31.7 Å². The molecule has 0 spiro atoms. The Morgan fingerprint density at radius 2 is 1.87 bits per heavy atom. The molecule has 0 aliphatic heterocycles. The first-order valence-electron chi connectivity index (χ1n) is 6.66. The van der Waals surface area contributed by atoms with Crippen LogP contribution in [0.5, 0.6) is 17.4 Å². The number of hydrogen-bond donors (Lipinski definition) is 2. The summed E-state index contributed by atoms with van der Waals surface area (Å²) in [6.07, 6.45) is 1.72. The van der Waals surface area contributed by atoms with Crippen molar-refractivity contribution in [3.8, 4) is 17.4 Å². The molecule has 0 fully saturated rings. The van der Waals surface area contributed by atoms with Gasteiger partial charge in [0.2, 0.25) is 5.88 Å². The Bertz CT molecular complexity index is 781. The third-order valence-electron chi connectivity index (χ3n) is 2.95. The van der Waals surface area contributed by atoms with Gasteiger partial charge in [0.1, 0.15) is 6.33 Å². The standard InChI is InChI=1S/C13H17N3O6S/c1-20-11-6-9-10(7-12(11)21-2)14-8-15-13(9)22-5-3-4-16-23(17,18)19/h6-8,16H,3-5H2,1-2H3,(H,17,18,19). The molecule has 0 aliphatic carbocycles. The molecule has 9 nitrogen and oxygen atoms in total. The highest BCUT2D eigenvalue weighted by Crippen LogP contribution is 2.34. The van der Waals surface area contributed by atoms with Gasteiger partial charge in [0.25, 0.3) is 0 Å². The second-order valence-electron chi connectivity index (χ2n) is 4.47. The first kappa shape index (κ1) is 17.2. The molecule has 0 radical (unpaired) electrons. The second kappa shape index (κ2) is 7.40. The lowest BCUT2D eigenvalue weighted by Crippen LogP contribution is -2.24. The minimum atomic E-state index is -4.18. The third kappa shape index (κ3) is 4.65. The van der Waals surface area contributed by atoms with E-state index in [0.717, 1.165) is 0 Å². The highest BCUT2D eigenvalue weighted by molar-refractivity contribution is 7.83. The van der Waals surface area contributed by atoms with Crippen LogP contribution in [0.4, 0.5) is 0 Å². The van der Waals surface area contributed by atoms with Crippen LogP contribution in [0.3, 0.4) is 0 Å². The average Bonchev–Trinajstić information content (AvgIpc) is 2.52. The number of methoxy groups -OCH3 is 2. The molecular weight excluding hydrogens is 326 g/mol. The molecule has 0 unspecified atom stereocenters. The van der Waals surface area contributed by atoms with Crippen molar-refractivity contribution < 1.29 is 27.2 Å². The van der Waals surface area contributed by atoms with Crippen molar-refractivity contribution in [2.24, 2.45) is 0 Å². The molecule has 1 heterocycles. The van der Waals surface area contributed by atoms with Gasteiger partial charge < -0.3 is 14.2 Å². The van der Waals surface area contributed by atoms with E-state index in [0.29, 0.717) is 34.7 Å². The highest BCUT2D eigenvalue weighted by atomic mass is 32.2. The molecule has 0 saturated carbocycles. The number of fused-ring (bicyclic) bond motifs is 1. The zero-order chi connectivity index (χ0) is 16.9. The van der Waals surface area contributed by atoms with E-state index in [-0.39, 0.29) is 13.2 Å². The Kier molecular flexibility index (Phi) is 5.53. The summed E-state index contributed by atoms with van der Waals surface area (Å²) >= 11 is 0. The maximum atomic E-state index is 10.5. The normalized spacial score (nSPS) is 11.4. The molecule has 1 aromatic heterocycles. The van der Waals surface area contributed by atoms with Gasteiger partial charge in [-0.3, -0.25) is 4.55 Å². The van der Waals surface area contributed by atoms with E-state index in [1.807, 2.05) is 4.72 Å². The smallest absolute Gasteiger partial charge is 0.333 e. The Morgan fingerprint density at radius 3 is 2.52 bits per heavy atom. The molecule has 2 aromatic rings. The van der Waals surface area contributed by atoms with Crippen molar-refractivity contribution in [3.05, 3.63) is 18.5 Å². The number of hydrogen-bond acceptors (Lipinski definition) is 7. The van der Waals surface area contributed by atoms with Crippen LogP contribution >= 0.6 is 0 Å². The van der Waals surface area contributed by atoms with Crippen LogP contribution in [0.15, 0.2) is 18.5 Å². The molecule has 0 amide bonds. The van der Waals surface area contributed by atoms with Crippen molar-refractivity contribution >= 4 is 21.2 Å². The van der Waals surface area contributed by atoms with E-state index in [4.69, 9.17) is 18.8 Å². The third-order valence-corrected chi connectivity index (χ3v) is 3.52. The Hall–Kier alpha value is -2.17. The van der Waals surface area contributed by atoms with Crippen molar-refractivity contribution in [2.75, 3.05) is 27.4 Å². The molecule has 23 heavy (non-hydrogen) atoms. The predicted molar refractivity (Wildman–Crippen MR) is 82.3 cm³/mol. The SMILES string of the molecule is COc1cc2ncnc(OCCCNS(=O)(=O)O)c2cc1OC. The van der Waals surface area contributed by atoms with E-state index in [1.165, 1.54) is 20.5 Å². The quantitative estimate of drug-likeness (QED) is 0.534. The topological polar surface area (TPSA) is 120 Å². The van der Waals surface area contributed by atoms with Gasteiger partial charge in [-0.25, -0.2) is 9.97 Å². The van der Waals surface area contributed by atoms with E-state index < -0.39 is 10.3 Å². The van der Waals surface area contributed by atoms with Crippen LogP contribution < -0.4 is 18.9 Å². The monoisotopic (exact) mass is 343 g/mol. The molecule has 2 N–H and O–H groups in total. The van der Waals surface area contributed by atoms with Crippen LogP contribution in [-0.4, -0.2) is 50.3 Å². The minimum absolute atomic E-state index is 0.0546. The van der Waals surface area contributed by atoms with Crippen LogP contribution in [0.1, 0.15) is 6.42 Å². The molecule has 2 rings (SSSR count). The zero-order valence-electron chi connectivity index (χ0n) is 12.6. The van der Waals surface area contributed by atoms with Gasteiger partial charge in [-0.05, 0) is 12.5 Å². The van der Waals surface area contributed by atoms with Crippen LogP contribution in [-0.2, 0) is 10.3 Å². The fraction of sp³-hybridized carbons (Fsp3) is 0.385. The minimum Gasteiger partial charge on any atom is -0.493 e. The Morgan fingerprint density at radius 1 is 1.17 bits per heavy atom. The summed E-state index contributed by atoms with van der Waals surface area (Å²) in [7, 11) is -1.13. The molecule has 0 saturated heterocycles. The van der Waals surface area contributed by atoms with Crippen molar-refractivity contribution in [1.29, 1.82) is 0 Å². The number of benzene rings is 1. The first-order chi connectivity index (χ1) is 10.9. The molecule has 126 valence electrons. The van der Waals surface area contributed by atoms with Crippen molar-refractivity contribution in [1.82, 2.24) is 14.7 Å². The molecular formula is C13H17N3O6S. The summed E-state index contributed by atoms with van der Waals surface area (Å²) in [5, 5.41) is 0.646.